The Bertz CT molecular complexity index is 845. The first-order valence-electron chi connectivity index (χ1n) is 6.93. The molecule has 3 aromatic rings. The molecule has 1 aromatic heterocycles. The minimum absolute atomic E-state index is 0.0637. The van der Waals surface area contributed by atoms with Crippen LogP contribution >= 0.6 is 0 Å². The van der Waals surface area contributed by atoms with Crippen LogP contribution < -0.4 is 5.43 Å². The van der Waals surface area contributed by atoms with Crippen molar-refractivity contribution >= 4 is 11.0 Å². The van der Waals surface area contributed by atoms with Crippen molar-refractivity contribution in [2.45, 2.75) is 19.8 Å². The molecule has 0 saturated heterocycles. The molecule has 3 heteroatoms. The summed E-state index contributed by atoms with van der Waals surface area (Å²) in [6.45, 7) is 3.97. The van der Waals surface area contributed by atoms with E-state index in [2.05, 4.69) is 0 Å². The van der Waals surface area contributed by atoms with Crippen molar-refractivity contribution in [1.29, 1.82) is 0 Å². The summed E-state index contributed by atoms with van der Waals surface area (Å²) in [5, 5.41) is 10.1. The van der Waals surface area contributed by atoms with Gasteiger partial charge in [0.1, 0.15) is 17.1 Å². The summed E-state index contributed by atoms with van der Waals surface area (Å²) in [6, 6.07) is 14.1. The van der Waals surface area contributed by atoms with Gasteiger partial charge in [0.15, 0.2) is 0 Å². The van der Waals surface area contributed by atoms with Crippen molar-refractivity contribution in [1.82, 2.24) is 0 Å². The molecule has 106 valence electrons. The normalized spacial score (nSPS) is 11.2. The molecule has 3 rings (SSSR count). The molecule has 0 spiro atoms. The molecule has 21 heavy (non-hydrogen) atoms. The third kappa shape index (κ3) is 2.31. The number of aromatic hydroxyl groups is 1. The maximum atomic E-state index is 12.8. The zero-order valence-electron chi connectivity index (χ0n) is 12.0. The lowest BCUT2D eigenvalue weighted by Crippen LogP contribution is -2.10. The first kappa shape index (κ1) is 13.4. The fraction of sp³-hybridized carbons (Fsp3) is 0.167. The van der Waals surface area contributed by atoms with E-state index >= 15 is 0 Å². The second-order valence-corrected chi connectivity index (χ2v) is 5.37. The van der Waals surface area contributed by atoms with Crippen LogP contribution in [-0.2, 0) is 0 Å². The fourth-order valence-corrected chi connectivity index (χ4v) is 2.48. The predicted octanol–water partition coefficient (Wildman–Crippen LogP) is 4.29. The number of fused-ring (bicyclic) bond motifs is 1. The topological polar surface area (TPSA) is 50.4 Å². The van der Waals surface area contributed by atoms with E-state index in [9.17, 15) is 9.90 Å². The summed E-state index contributed by atoms with van der Waals surface area (Å²) >= 11 is 0. The van der Waals surface area contributed by atoms with Crippen LogP contribution in [0, 0.1) is 0 Å². The van der Waals surface area contributed by atoms with Crippen LogP contribution in [0.4, 0.5) is 0 Å². The van der Waals surface area contributed by atoms with Gasteiger partial charge < -0.3 is 9.52 Å². The van der Waals surface area contributed by atoms with Crippen LogP contribution in [0.2, 0.25) is 0 Å². The molecule has 0 bridgehead atoms. The van der Waals surface area contributed by atoms with Gasteiger partial charge in [-0.05, 0) is 17.7 Å². The molecule has 0 amide bonds. The lowest BCUT2D eigenvalue weighted by atomic mass is 9.97. The molecule has 2 aromatic carbocycles. The van der Waals surface area contributed by atoms with E-state index < -0.39 is 0 Å². The van der Waals surface area contributed by atoms with Crippen molar-refractivity contribution in [2.75, 3.05) is 0 Å². The summed E-state index contributed by atoms with van der Waals surface area (Å²) in [5.41, 5.74) is 1.81. The van der Waals surface area contributed by atoms with Gasteiger partial charge in [-0.3, -0.25) is 4.79 Å². The monoisotopic (exact) mass is 280 g/mol. The van der Waals surface area contributed by atoms with Gasteiger partial charge in [0.2, 0.25) is 5.43 Å². The quantitative estimate of drug-likeness (QED) is 0.761. The number of hydrogen-bond donors (Lipinski definition) is 1. The molecule has 0 aliphatic heterocycles. The van der Waals surface area contributed by atoms with E-state index in [0.717, 1.165) is 5.56 Å². The average molecular weight is 280 g/mol. The molecule has 0 fully saturated rings. The Labute approximate surface area is 122 Å². The first-order chi connectivity index (χ1) is 10.1. The fourth-order valence-electron chi connectivity index (χ4n) is 2.48. The number of hydrogen-bond acceptors (Lipinski definition) is 3. The van der Waals surface area contributed by atoms with Gasteiger partial charge in [0.25, 0.3) is 0 Å². The molecule has 0 radical (unpaired) electrons. The minimum atomic E-state index is -0.0637. The molecule has 1 heterocycles. The lowest BCUT2D eigenvalue weighted by molar-refractivity contribution is 0.470. The van der Waals surface area contributed by atoms with Crippen LogP contribution in [0.3, 0.4) is 0 Å². The molecule has 0 unspecified atom stereocenters. The summed E-state index contributed by atoms with van der Waals surface area (Å²) < 4.78 is 5.91. The van der Waals surface area contributed by atoms with E-state index in [0.29, 0.717) is 22.3 Å². The van der Waals surface area contributed by atoms with Gasteiger partial charge in [-0.2, -0.15) is 0 Å². The highest BCUT2D eigenvalue weighted by Gasteiger charge is 2.18. The second kappa shape index (κ2) is 5.09. The van der Waals surface area contributed by atoms with Gasteiger partial charge in [-0.1, -0.05) is 44.2 Å². The largest absolute Gasteiger partial charge is 0.508 e. The van der Waals surface area contributed by atoms with Gasteiger partial charge in [-0.15, -0.1) is 0 Å². The Morgan fingerprint density at radius 3 is 2.43 bits per heavy atom. The van der Waals surface area contributed by atoms with Crippen molar-refractivity contribution in [3.8, 4) is 16.9 Å². The van der Waals surface area contributed by atoms with Crippen molar-refractivity contribution in [3.63, 3.8) is 0 Å². The highest BCUT2D eigenvalue weighted by molar-refractivity contribution is 5.84. The molecule has 0 atom stereocenters. The van der Waals surface area contributed by atoms with Gasteiger partial charge in [0.05, 0.1) is 10.9 Å². The Hall–Kier alpha value is -2.55. The first-order valence-corrected chi connectivity index (χ1v) is 6.93. The van der Waals surface area contributed by atoms with Crippen LogP contribution in [0.5, 0.6) is 5.75 Å². The summed E-state index contributed by atoms with van der Waals surface area (Å²) in [4.78, 5) is 12.8. The van der Waals surface area contributed by atoms with Gasteiger partial charge >= 0.3 is 0 Å². The van der Waals surface area contributed by atoms with Crippen molar-refractivity contribution < 1.29 is 9.52 Å². The van der Waals surface area contributed by atoms with Gasteiger partial charge in [0, 0.05) is 12.0 Å². The minimum Gasteiger partial charge on any atom is -0.508 e. The van der Waals surface area contributed by atoms with Crippen molar-refractivity contribution in [3.05, 3.63) is 64.5 Å². The highest BCUT2D eigenvalue weighted by atomic mass is 16.3. The predicted molar refractivity (Wildman–Crippen MR) is 83.7 cm³/mol. The standard InChI is InChI=1S/C18H16O3/c1-11(2)18-16(12-6-4-3-5-7-12)17(20)14-9-8-13(19)10-15(14)21-18/h3-11,19H,1-2H3. The lowest BCUT2D eigenvalue weighted by Gasteiger charge is -2.12. The molecular weight excluding hydrogens is 264 g/mol. The van der Waals surface area contributed by atoms with Crippen LogP contribution in [0.1, 0.15) is 25.5 Å². The molecule has 0 aliphatic rings. The zero-order chi connectivity index (χ0) is 15.0. The smallest absolute Gasteiger partial charge is 0.200 e. The van der Waals surface area contributed by atoms with E-state index in [1.54, 1.807) is 6.07 Å². The average Bonchev–Trinajstić information content (AvgIpc) is 2.47. The number of phenolic OH excluding ortho intramolecular Hbond substituents is 1. The maximum absolute atomic E-state index is 12.8. The Kier molecular flexibility index (Phi) is 3.26. The van der Waals surface area contributed by atoms with E-state index in [1.807, 2.05) is 44.2 Å². The third-order valence-electron chi connectivity index (χ3n) is 3.49. The molecule has 1 N–H and O–H groups in total. The molecule has 3 nitrogen and oxygen atoms in total. The molecular formula is C18H16O3. The number of phenols is 1. The number of rotatable bonds is 2. The number of benzene rings is 2. The van der Waals surface area contributed by atoms with Crippen LogP contribution in [-0.4, -0.2) is 5.11 Å². The van der Waals surface area contributed by atoms with E-state index in [4.69, 9.17) is 4.42 Å². The highest BCUT2D eigenvalue weighted by Crippen LogP contribution is 2.30. The Balaban J connectivity index is 2.42. The Morgan fingerprint density at radius 2 is 1.76 bits per heavy atom. The summed E-state index contributed by atoms with van der Waals surface area (Å²) in [5.74, 6) is 0.803. The second-order valence-electron chi connectivity index (χ2n) is 5.37. The molecule has 0 aliphatic carbocycles. The summed E-state index contributed by atoms with van der Waals surface area (Å²) in [6.07, 6.45) is 0. The SMILES string of the molecule is CC(C)c1oc2cc(O)ccc2c(=O)c1-c1ccccc1. The van der Waals surface area contributed by atoms with E-state index in [-0.39, 0.29) is 17.1 Å². The van der Waals surface area contributed by atoms with E-state index in [1.165, 1.54) is 12.1 Å². The molecule has 0 saturated carbocycles. The van der Waals surface area contributed by atoms with Crippen molar-refractivity contribution in [2.24, 2.45) is 0 Å². The van der Waals surface area contributed by atoms with Gasteiger partial charge in [-0.25, -0.2) is 0 Å². The third-order valence-corrected chi connectivity index (χ3v) is 3.49. The maximum Gasteiger partial charge on any atom is 0.200 e. The Morgan fingerprint density at radius 1 is 1.05 bits per heavy atom. The van der Waals surface area contributed by atoms with Crippen LogP contribution in [0.15, 0.2) is 57.7 Å². The zero-order valence-corrected chi connectivity index (χ0v) is 12.0. The summed E-state index contributed by atoms with van der Waals surface area (Å²) in [7, 11) is 0. The van der Waals surface area contributed by atoms with Crippen LogP contribution in [0.25, 0.3) is 22.1 Å².